The summed E-state index contributed by atoms with van der Waals surface area (Å²) in [5, 5.41) is 25.7. The van der Waals surface area contributed by atoms with Crippen molar-refractivity contribution in [3.05, 3.63) is 48.0 Å². The number of aliphatic hydroxyl groups excluding tert-OH is 1. The zero-order chi connectivity index (χ0) is 22.8. The van der Waals surface area contributed by atoms with Crippen molar-refractivity contribution < 1.29 is 14.4 Å². The van der Waals surface area contributed by atoms with E-state index in [1.54, 1.807) is 7.05 Å². The van der Waals surface area contributed by atoms with Crippen LogP contribution in [0.2, 0.25) is 0 Å². The molecule has 10 heteroatoms. The van der Waals surface area contributed by atoms with Crippen LogP contribution >= 0.6 is 0 Å². The number of benzene rings is 1. The van der Waals surface area contributed by atoms with E-state index in [1.165, 1.54) is 0 Å². The third-order valence-corrected chi connectivity index (χ3v) is 5.43. The van der Waals surface area contributed by atoms with Crippen LogP contribution in [0.15, 0.2) is 41.1 Å². The molecule has 33 heavy (non-hydrogen) atoms. The molecule has 1 aromatic carbocycles. The highest BCUT2D eigenvalue weighted by Crippen LogP contribution is 2.37. The van der Waals surface area contributed by atoms with Gasteiger partial charge in [0.15, 0.2) is 11.5 Å². The van der Waals surface area contributed by atoms with Gasteiger partial charge in [-0.25, -0.2) is 14.6 Å². The second-order valence-corrected chi connectivity index (χ2v) is 8.29. The van der Waals surface area contributed by atoms with Gasteiger partial charge in [0.2, 0.25) is 0 Å². The summed E-state index contributed by atoms with van der Waals surface area (Å²) in [4.78, 5) is 9.66. The smallest absolute Gasteiger partial charge is 0.164 e. The number of likely N-dealkylation sites (N-methyl/N-ethyl adjacent to an activating group) is 1. The van der Waals surface area contributed by atoms with Crippen molar-refractivity contribution in [1.29, 1.82) is 0 Å². The van der Waals surface area contributed by atoms with Crippen LogP contribution in [0.4, 0.5) is 5.82 Å². The summed E-state index contributed by atoms with van der Waals surface area (Å²) in [6.07, 6.45) is 3.44. The molecular formula is C23H27N7O3. The summed E-state index contributed by atoms with van der Waals surface area (Å²) in [6.45, 7) is 3.00. The van der Waals surface area contributed by atoms with Crippen LogP contribution in [0, 0.1) is 6.92 Å². The second-order valence-electron chi connectivity index (χ2n) is 8.29. The van der Waals surface area contributed by atoms with Crippen LogP contribution in [-0.4, -0.2) is 56.3 Å². The largest absolute Gasteiger partial charge is 0.491 e. The third-order valence-electron chi connectivity index (χ3n) is 5.43. The minimum absolute atomic E-state index is 0.197. The third kappa shape index (κ3) is 4.81. The van der Waals surface area contributed by atoms with Crippen molar-refractivity contribution in [1.82, 2.24) is 30.2 Å². The fraction of sp³-hybridized carbons (Fsp3) is 0.391. The fourth-order valence-electron chi connectivity index (χ4n) is 3.66. The minimum atomic E-state index is -0.588. The minimum Gasteiger partial charge on any atom is -0.491 e. The van der Waals surface area contributed by atoms with Crippen molar-refractivity contribution >= 4 is 16.9 Å². The zero-order valence-electron chi connectivity index (χ0n) is 18.7. The van der Waals surface area contributed by atoms with E-state index in [1.807, 2.05) is 48.1 Å². The van der Waals surface area contributed by atoms with E-state index in [0.29, 0.717) is 36.5 Å². The molecule has 1 aliphatic carbocycles. The Hall–Kier alpha value is -3.50. The van der Waals surface area contributed by atoms with Gasteiger partial charge in [-0.1, -0.05) is 17.3 Å². The Bertz CT molecular complexity index is 1250. The Labute approximate surface area is 191 Å². The summed E-state index contributed by atoms with van der Waals surface area (Å²) in [7, 11) is 1.79. The van der Waals surface area contributed by atoms with E-state index >= 15 is 0 Å². The SMILES string of the molecule is CNCC(O)COc1cccc(-c2nc(NCc3cc(C)on3)c3cnn(C4CC4)c3n2)c1. The number of rotatable bonds is 10. The van der Waals surface area contributed by atoms with Crippen LogP contribution in [0.3, 0.4) is 0 Å². The second kappa shape index (κ2) is 9.16. The number of fused-ring (bicyclic) bond motifs is 1. The standard InChI is InChI=1S/C23H27N7O3/c1-14-8-16(29-33-14)10-25-22-20-12-26-30(17-6-7-17)23(20)28-21(27-22)15-4-3-5-19(9-15)32-13-18(31)11-24-2/h3-5,8-9,12,17-18,24,31H,6-7,10-11,13H2,1-2H3,(H,25,27,28). The molecule has 1 aliphatic rings. The Morgan fingerprint density at radius 3 is 2.91 bits per heavy atom. The maximum atomic E-state index is 9.93. The Kier molecular flexibility index (Phi) is 5.93. The van der Waals surface area contributed by atoms with Gasteiger partial charge >= 0.3 is 0 Å². The molecule has 0 radical (unpaired) electrons. The Balaban J connectivity index is 1.46. The Morgan fingerprint density at radius 1 is 1.27 bits per heavy atom. The highest BCUT2D eigenvalue weighted by Gasteiger charge is 2.27. The molecule has 0 aliphatic heterocycles. The number of ether oxygens (including phenoxy) is 1. The first-order chi connectivity index (χ1) is 16.1. The molecule has 0 amide bonds. The summed E-state index contributed by atoms with van der Waals surface area (Å²) in [6, 6.07) is 9.86. The van der Waals surface area contributed by atoms with Crippen LogP contribution in [0.25, 0.3) is 22.4 Å². The fourth-order valence-corrected chi connectivity index (χ4v) is 3.66. The lowest BCUT2D eigenvalue weighted by atomic mass is 10.2. The molecule has 10 nitrogen and oxygen atoms in total. The van der Waals surface area contributed by atoms with Crippen molar-refractivity contribution in [2.75, 3.05) is 25.5 Å². The number of nitrogens with one attached hydrogen (secondary N) is 2. The topological polar surface area (TPSA) is 123 Å². The molecule has 0 spiro atoms. The molecule has 1 saturated carbocycles. The highest BCUT2D eigenvalue weighted by molar-refractivity contribution is 5.88. The van der Waals surface area contributed by atoms with Crippen molar-refractivity contribution in [2.24, 2.45) is 0 Å². The number of hydrogen-bond acceptors (Lipinski definition) is 9. The first-order valence-corrected chi connectivity index (χ1v) is 11.1. The van der Waals surface area contributed by atoms with E-state index in [4.69, 9.17) is 19.2 Å². The molecule has 1 unspecified atom stereocenters. The van der Waals surface area contributed by atoms with Crippen molar-refractivity contribution in [3.63, 3.8) is 0 Å². The van der Waals surface area contributed by atoms with Crippen molar-refractivity contribution in [3.8, 4) is 17.1 Å². The molecule has 4 aromatic rings. The van der Waals surface area contributed by atoms with Gasteiger partial charge in [0, 0.05) is 18.2 Å². The predicted molar refractivity (Wildman–Crippen MR) is 123 cm³/mol. The average molecular weight is 450 g/mol. The first-order valence-electron chi connectivity index (χ1n) is 11.1. The van der Waals surface area contributed by atoms with Gasteiger partial charge in [-0.2, -0.15) is 5.10 Å². The van der Waals surface area contributed by atoms with Gasteiger partial charge in [-0.05, 0) is 38.9 Å². The monoisotopic (exact) mass is 449 g/mol. The molecule has 3 N–H and O–H groups in total. The maximum Gasteiger partial charge on any atom is 0.164 e. The van der Waals surface area contributed by atoms with E-state index < -0.39 is 6.10 Å². The van der Waals surface area contributed by atoms with E-state index in [9.17, 15) is 5.11 Å². The normalized spacial score (nSPS) is 14.5. The van der Waals surface area contributed by atoms with Crippen molar-refractivity contribution in [2.45, 2.75) is 38.5 Å². The quantitative estimate of drug-likeness (QED) is 0.335. The molecule has 172 valence electrons. The number of anilines is 1. The van der Waals surface area contributed by atoms with Crippen LogP contribution in [0.1, 0.15) is 30.3 Å². The number of aliphatic hydroxyl groups is 1. The van der Waals surface area contributed by atoms with Gasteiger partial charge in [-0.3, -0.25) is 0 Å². The maximum absolute atomic E-state index is 9.93. The molecule has 0 saturated heterocycles. The van der Waals surface area contributed by atoms with Gasteiger partial charge in [0.05, 0.1) is 24.2 Å². The van der Waals surface area contributed by atoms with E-state index in [2.05, 4.69) is 20.9 Å². The van der Waals surface area contributed by atoms with Gasteiger partial charge in [-0.15, -0.1) is 0 Å². The van der Waals surface area contributed by atoms with Gasteiger partial charge in [0.1, 0.15) is 35.7 Å². The summed E-state index contributed by atoms with van der Waals surface area (Å²) in [5.74, 6) is 2.68. The number of aromatic nitrogens is 5. The summed E-state index contributed by atoms with van der Waals surface area (Å²) < 4.78 is 12.9. The average Bonchev–Trinajstić information content (AvgIpc) is 3.43. The van der Waals surface area contributed by atoms with E-state index in [0.717, 1.165) is 40.9 Å². The van der Waals surface area contributed by atoms with Gasteiger partial charge in [0.25, 0.3) is 0 Å². The van der Waals surface area contributed by atoms with Crippen LogP contribution < -0.4 is 15.4 Å². The molecule has 5 rings (SSSR count). The summed E-state index contributed by atoms with van der Waals surface area (Å²) >= 11 is 0. The lowest BCUT2D eigenvalue weighted by Gasteiger charge is -2.13. The molecule has 0 bridgehead atoms. The van der Waals surface area contributed by atoms with Gasteiger partial charge < -0.3 is 25.0 Å². The predicted octanol–water partition coefficient (Wildman–Crippen LogP) is 2.70. The lowest BCUT2D eigenvalue weighted by molar-refractivity contribution is 0.108. The number of aryl methyl sites for hydroxylation is 1. The highest BCUT2D eigenvalue weighted by atomic mass is 16.5. The Morgan fingerprint density at radius 2 is 2.15 bits per heavy atom. The molecule has 3 aromatic heterocycles. The van der Waals surface area contributed by atoms with Crippen LogP contribution in [-0.2, 0) is 6.54 Å². The molecule has 1 atom stereocenters. The summed E-state index contributed by atoms with van der Waals surface area (Å²) in [5.41, 5.74) is 2.42. The number of nitrogens with zero attached hydrogens (tertiary/aromatic N) is 5. The lowest BCUT2D eigenvalue weighted by Crippen LogP contribution is -2.29. The van der Waals surface area contributed by atoms with E-state index in [-0.39, 0.29) is 6.61 Å². The molecule has 3 heterocycles. The molecule has 1 fully saturated rings. The van der Waals surface area contributed by atoms with Crippen LogP contribution in [0.5, 0.6) is 5.75 Å². The first kappa shape index (κ1) is 21.4. The zero-order valence-corrected chi connectivity index (χ0v) is 18.7. The number of hydrogen-bond donors (Lipinski definition) is 3. The molecular weight excluding hydrogens is 422 g/mol.